The lowest BCUT2D eigenvalue weighted by atomic mass is 9.99. The van der Waals surface area contributed by atoms with Gasteiger partial charge in [0, 0.05) is 5.69 Å². The lowest BCUT2D eigenvalue weighted by molar-refractivity contribution is -0.116. The van der Waals surface area contributed by atoms with E-state index in [1.807, 2.05) is 56.3 Å². The number of hydrogen-bond donors (Lipinski definition) is 4. The van der Waals surface area contributed by atoms with Gasteiger partial charge in [0.05, 0.1) is 0 Å². The van der Waals surface area contributed by atoms with Crippen molar-refractivity contribution in [2.75, 3.05) is 5.32 Å². The first-order valence-corrected chi connectivity index (χ1v) is 10.5. The molecule has 1 atom stereocenters. The molecule has 0 saturated heterocycles. The van der Waals surface area contributed by atoms with Crippen LogP contribution in [0.2, 0.25) is 0 Å². The Kier molecular flexibility index (Phi) is 6.15. The lowest BCUT2D eigenvalue weighted by Gasteiger charge is -2.12. The summed E-state index contributed by atoms with van der Waals surface area (Å²) in [6.07, 6.45) is -1.27. The smallest absolute Gasteiger partial charge is 0.329 e. The van der Waals surface area contributed by atoms with E-state index >= 15 is 0 Å². The molecule has 0 aliphatic rings. The number of H-pyrrole nitrogens is 1. The zero-order valence-electron chi connectivity index (χ0n) is 18.4. The van der Waals surface area contributed by atoms with Crippen LogP contribution in [0.1, 0.15) is 28.5 Å². The van der Waals surface area contributed by atoms with Gasteiger partial charge in [-0.3, -0.25) is 9.36 Å². The highest BCUT2D eigenvalue weighted by Gasteiger charge is 2.23. The second-order valence-corrected chi connectivity index (χ2v) is 8.06. The predicted molar refractivity (Wildman–Crippen MR) is 127 cm³/mol. The fourth-order valence-corrected chi connectivity index (χ4v) is 3.60. The van der Waals surface area contributed by atoms with Crippen LogP contribution in [0.15, 0.2) is 77.6 Å². The number of amides is 1. The first kappa shape index (κ1) is 22.1. The molecule has 0 spiro atoms. The van der Waals surface area contributed by atoms with Gasteiger partial charge in [-0.25, -0.2) is 4.79 Å². The highest BCUT2D eigenvalue weighted by molar-refractivity contribution is 5.90. The second-order valence-electron chi connectivity index (χ2n) is 8.06. The topological polar surface area (TPSA) is 107 Å². The third-order valence-corrected chi connectivity index (χ3v) is 5.48. The monoisotopic (exact) mass is 443 g/mol. The Morgan fingerprint density at radius 2 is 1.61 bits per heavy atom. The highest BCUT2D eigenvalue weighted by atomic mass is 16.3. The summed E-state index contributed by atoms with van der Waals surface area (Å²) in [6, 6.07) is 22.4. The Morgan fingerprint density at radius 1 is 0.970 bits per heavy atom. The van der Waals surface area contributed by atoms with E-state index in [0.717, 1.165) is 26.8 Å². The molecule has 33 heavy (non-hydrogen) atoms. The van der Waals surface area contributed by atoms with Crippen molar-refractivity contribution in [3.63, 3.8) is 0 Å². The number of aryl methyl sites for hydroxylation is 2. The molecule has 0 aliphatic heterocycles. The number of rotatable bonds is 6. The number of nitrogens with one attached hydrogen (secondary N) is 2. The number of nitrogens with zero attached hydrogens (tertiary/aromatic N) is 1. The van der Waals surface area contributed by atoms with Crippen LogP contribution in [0.25, 0.3) is 11.1 Å². The normalized spacial score (nSPS) is 11.8. The van der Waals surface area contributed by atoms with Gasteiger partial charge in [-0.1, -0.05) is 65.7 Å². The number of anilines is 1. The van der Waals surface area contributed by atoms with Gasteiger partial charge in [-0.2, -0.15) is 0 Å². The maximum atomic E-state index is 12.4. The first-order valence-electron chi connectivity index (χ1n) is 10.5. The third-order valence-electron chi connectivity index (χ3n) is 5.48. The number of benzene rings is 3. The number of aromatic hydroxyl groups is 1. The van der Waals surface area contributed by atoms with E-state index in [1.54, 1.807) is 30.3 Å². The standard InChI is InChI=1S/C26H25N3O4/c1-16-6-10-18(11-7-16)19-4-3-5-20(14-19)24(31)23-25(32)29(26(33)28-23)15-22(30)27-21-12-8-17(2)9-13-21/h3-14,24,31-32H,15H2,1-2H3,(H,27,30)(H,28,33). The minimum atomic E-state index is -1.27. The van der Waals surface area contributed by atoms with Crippen LogP contribution < -0.4 is 11.0 Å². The van der Waals surface area contributed by atoms with E-state index in [9.17, 15) is 19.8 Å². The molecule has 1 unspecified atom stereocenters. The van der Waals surface area contributed by atoms with Crippen molar-refractivity contribution in [1.82, 2.24) is 9.55 Å². The molecule has 7 nitrogen and oxygen atoms in total. The first-order chi connectivity index (χ1) is 15.8. The van der Waals surface area contributed by atoms with Crippen LogP contribution in [-0.2, 0) is 11.3 Å². The van der Waals surface area contributed by atoms with Crippen molar-refractivity contribution in [2.24, 2.45) is 0 Å². The van der Waals surface area contributed by atoms with Crippen molar-refractivity contribution in [2.45, 2.75) is 26.5 Å². The largest absolute Gasteiger partial charge is 0.493 e. The molecule has 0 fully saturated rings. The fourth-order valence-electron chi connectivity index (χ4n) is 3.60. The number of aliphatic hydroxyl groups is 1. The number of carbonyl (C=O) groups is 1. The molecule has 1 amide bonds. The van der Waals surface area contributed by atoms with E-state index in [0.29, 0.717) is 11.3 Å². The summed E-state index contributed by atoms with van der Waals surface area (Å²) in [4.78, 5) is 27.3. The predicted octanol–water partition coefficient (Wildman–Crippen LogP) is 3.89. The molecule has 0 radical (unpaired) electrons. The van der Waals surface area contributed by atoms with Gasteiger partial charge in [-0.05, 0) is 48.7 Å². The number of imidazole rings is 1. The van der Waals surface area contributed by atoms with Gasteiger partial charge < -0.3 is 20.5 Å². The number of carbonyl (C=O) groups excluding carboxylic acids is 1. The summed E-state index contributed by atoms with van der Waals surface area (Å²) in [6.45, 7) is 3.55. The average Bonchev–Trinajstić information content (AvgIpc) is 3.09. The van der Waals surface area contributed by atoms with Crippen LogP contribution in [0, 0.1) is 13.8 Å². The molecule has 0 saturated carbocycles. The van der Waals surface area contributed by atoms with E-state index in [1.165, 1.54) is 0 Å². The number of hydrogen-bond acceptors (Lipinski definition) is 4. The minimum Gasteiger partial charge on any atom is -0.493 e. The van der Waals surface area contributed by atoms with Crippen molar-refractivity contribution in [3.05, 3.63) is 106 Å². The highest BCUT2D eigenvalue weighted by Crippen LogP contribution is 2.30. The third kappa shape index (κ3) is 4.88. The van der Waals surface area contributed by atoms with E-state index < -0.39 is 30.1 Å². The Balaban J connectivity index is 1.55. The Bertz CT molecular complexity index is 1340. The minimum absolute atomic E-state index is 0.0656. The van der Waals surface area contributed by atoms with E-state index in [2.05, 4.69) is 10.3 Å². The molecule has 3 aromatic carbocycles. The summed E-state index contributed by atoms with van der Waals surface area (Å²) in [5.74, 6) is -0.954. The summed E-state index contributed by atoms with van der Waals surface area (Å²) in [7, 11) is 0. The van der Waals surface area contributed by atoms with Crippen LogP contribution >= 0.6 is 0 Å². The van der Waals surface area contributed by atoms with Gasteiger partial charge in [-0.15, -0.1) is 0 Å². The molecule has 0 bridgehead atoms. The SMILES string of the molecule is Cc1ccc(NC(=O)Cn2c(O)c(C(O)c3cccc(-c4ccc(C)cc4)c3)[nH]c2=O)cc1. The molecule has 0 aliphatic carbocycles. The molecule has 168 valence electrons. The van der Waals surface area contributed by atoms with Crippen LogP contribution in [0.5, 0.6) is 5.88 Å². The molecule has 4 rings (SSSR count). The van der Waals surface area contributed by atoms with Crippen LogP contribution in [0.4, 0.5) is 5.69 Å². The zero-order chi connectivity index (χ0) is 23.5. The van der Waals surface area contributed by atoms with Crippen LogP contribution in [-0.4, -0.2) is 25.7 Å². The van der Waals surface area contributed by atoms with Crippen molar-refractivity contribution < 1.29 is 15.0 Å². The summed E-state index contributed by atoms with van der Waals surface area (Å²) >= 11 is 0. The number of aromatic amines is 1. The van der Waals surface area contributed by atoms with E-state index in [4.69, 9.17) is 0 Å². The molecular formula is C26H25N3O4. The quantitative estimate of drug-likeness (QED) is 0.363. The van der Waals surface area contributed by atoms with Crippen molar-refractivity contribution in [1.29, 1.82) is 0 Å². The Hall–Kier alpha value is -4.10. The van der Waals surface area contributed by atoms with Gasteiger partial charge in [0.2, 0.25) is 11.8 Å². The van der Waals surface area contributed by atoms with Gasteiger partial charge in [0.1, 0.15) is 18.3 Å². The maximum absolute atomic E-state index is 12.4. The summed E-state index contributed by atoms with van der Waals surface area (Å²) < 4.78 is 0.895. The summed E-state index contributed by atoms with van der Waals surface area (Å²) in [5, 5.41) is 24.2. The molecule has 4 aromatic rings. The Morgan fingerprint density at radius 3 is 2.27 bits per heavy atom. The second kappa shape index (κ2) is 9.18. The maximum Gasteiger partial charge on any atom is 0.329 e. The average molecular weight is 444 g/mol. The number of aromatic nitrogens is 2. The molecule has 7 heteroatoms. The lowest BCUT2D eigenvalue weighted by Crippen LogP contribution is -2.25. The van der Waals surface area contributed by atoms with Gasteiger partial charge in [0.15, 0.2) is 0 Å². The number of aliphatic hydroxyl groups excluding tert-OH is 1. The zero-order valence-corrected chi connectivity index (χ0v) is 18.4. The molecule has 1 aromatic heterocycles. The van der Waals surface area contributed by atoms with E-state index in [-0.39, 0.29) is 5.69 Å². The van der Waals surface area contributed by atoms with Crippen LogP contribution in [0.3, 0.4) is 0 Å². The fraction of sp³-hybridized carbons (Fsp3) is 0.154. The molecule has 4 N–H and O–H groups in total. The van der Waals surface area contributed by atoms with Gasteiger partial charge >= 0.3 is 5.69 Å². The molecular weight excluding hydrogens is 418 g/mol. The van der Waals surface area contributed by atoms with Crippen molar-refractivity contribution >= 4 is 11.6 Å². The summed E-state index contributed by atoms with van der Waals surface area (Å²) in [5.41, 5.74) is 4.41. The molecule has 1 heterocycles. The van der Waals surface area contributed by atoms with Gasteiger partial charge in [0.25, 0.3) is 0 Å². The van der Waals surface area contributed by atoms with Crippen molar-refractivity contribution in [3.8, 4) is 17.0 Å². The Labute approximate surface area is 191 Å².